The van der Waals surface area contributed by atoms with Gasteiger partial charge in [0.2, 0.25) is 4.93 Å². The third kappa shape index (κ3) is 3.16. The molecule has 0 amide bonds. The fraction of sp³-hybridized carbons (Fsp3) is 0.571. The summed E-state index contributed by atoms with van der Waals surface area (Å²) in [5, 5.41) is 0. The molecule has 0 aliphatic heterocycles. The highest BCUT2D eigenvalue weighted by atomic mass is 32.2. The Bertz CT molecular complexity index is 325. The maximum absolute atomic E-state index is 10.9. The van der Waals surface area contributed by atoms with Gasteiger partial charge in [0, 0.05) is 5.57 Å². The largest absolute Gasteiger partial charge is 0.437 e. The third-order valence-electron chi connectivity index (χ3n) is 1.31. The molecular weight excluding hydrogens is 196 g/mol. The van der Waals surface area contributed by atoms with Crippen LogP contribution in [0.3, 0.4) is 0 Å². The van der Waals surface area contributed by atoms with Gasteiger partial charge in [-0.3, -0.25) is 4.55 Å². The van der Waals surface area contributed by atoms with Crippen LogP contribution in [0.5, 0.6) is 0 Å². The van der Waals surface area contributed by atoms with E-state index in [0.717, 1.165) is 13.8 Å². The molecule has 1 N–H and O–H groups in total. The molecule has 0 aromatic heterocycles. The average molecular weight is 208 g/mol. The van der Waals surface area contributed by atoms with Gasteiger partial charge in [-0.15, -0.1) is 0 Å². The van der Waals surface area contributed by atoms with E-state index in [2.05, 4.69) is 11.3 Å². The van der Waals surface area contributed by atoms with Crippen molar-refractivity contribution in [1.29, 1.82) is 0 Å². The number of carbonyl (C=O) groups is 1. The zero-order valence-electron chi connectivity index (χ0n) is 7.70. The van der Waals surface area contributed by atoms with E-state index in [1.165, 1.54) is 6.92 Å². The van der Waals surface area contributed by atoms with Crippen molar-refractivity contribution < 1.29 is 22.5 Å². The first kappa shape index (κ1) is 12.1. The first-order valence-electron chi connectivity index (χ1n) is 3.44. The topological polar surface area (TPSA) is 80.7 Å². The summed E-state index contributed by atoms with van der Waals surface area (Å²) in [5.41, 5.74) is 0.0664. The molecule has 76 valence electrons. The van der Waals surface area contributed by atoms with E-state index in [-0.39, 0.29) is 5.57 Å². The lowest BCUT2D eigenvalue weighted by Gasteiger charge is -2.21. The monoisotopic (exact) mass is 208 g/mol. The Balaban J connectivity index is 4.73. The fourth-order valence-corrected chi connectivity index (χ4v) is 0.544. The zero-order chi connectivity index (χ0) is 10.9. The normalized spacial score (nSPS) is 12.3. The number of rotatable bonds is 3. The number of esters is 1. The number of ether oxygens (including phenoxy) is 1. The van der Waals surface area contributed by atoms with Crippen LogP contribution in [0.1, 0.15) is 20.8 Å². The van der Waals surface area contributed by atoms with Crippen molar-refractivity contribution in [3.63, 3.8) is 0 Å². The van der Waals surface area contributed by atoms with Gasteiger partial charge in [-0.05, 0) is 20.8 Å². The van der Waals surface area contributed by atoms with E-state index in [9.17, 15) is 13.2 Å². The molecule has 0 heterocycles. The highest BCUT2D eigenvalue weighted by Crippen LogP contribution is 2.17. The zero-order valence-corrected chi connectivity index (χ0v) is 8.51. The van der Waals surface area contributed by atoms with Crippen LogP contribution >= 0.6 is 0 Å². The fourth-order valence-electron chi connectivity index (χ4n) is 0.363. The molecule has 0 saturated heterocycles. The molecule has 0 aromatic carbocycles. The molecule has 0 bridgehead atoms. The van der Waals surface area contributed by atoms with Gasteiger partial charge in [0.05, 0.1) is 0 Å². The second-order valence-corrected chi connectivity index (χ2v) is 4.98. The predicted octanol–water partition coefficient (Wildman–Crippen LogP) is 0.730. The van der Waals surface area contributed by atoms with Crippen molar-refractivity contribution in [2.45, 2.75) is 25.7 Å². The Morgan fingerprint density at radius 3 is 2.08 bits per heavy atom. The van der Waals surface area contributed by atoms with Crippen molar-refractivity contribution in [2.24, 2.45) is 0 Å². The summed E-state index contributed by atoms with van der Waals surface area (Å²) in [5.74, 6) is -0.859. The molecule has 0 spiro atoms. The Labute approximate surface area is 77.1 Å². The molecule has 0 saturated carbocycles. The van der Waals surface area contributed by atoms with Crippen molar-refractivity contribution in [3.05, 3.63) is 12.2 Å². The molecule has 0 radical (unpaired) electrons. The first-order chi connectivity index (χ1) is 5.58. The van der Waals surface area contributed by atoms with Crippen molar-refractivity contribution in [3.8, 4) is 0 Å². The van der Waals surface area contributed by atoms with Crippen molar-refractivity contribution in [1.82, 2.24) is 0 Å². The van der Waals surface area contributed by atoms with E-state index in [1.54, 1.807) is 0 Å². The molecule has 5 nitrogen and oxygen atoms in total. The van der Waals surface area contributed by atoms with Crippen LogP contribution in [-0.4, -0.2) is 23.9 Å². The highest BCUT2D eigenvalue weighted by Gasteiger charge is 2.36. The minimum absolute atomic E-state index is 0.0664. The van der Waals surface area contributed by atoms with Crippen molar-refractivity contribution in [2.75, 3.05) is 0 Å². The lowest BCUT2D eigenvalue weighted by Crippen LogP contribution is -2.36. The summed E-state index contributed by atoms with van der Waals surface area (Å²) >= 11 is 0. The van der Waals surface area contributed by atoms with Gasteiger partial charge >= 0.3 is 16.1 Å². The van der Waals surface area contributed by atoms with Gasteiger partial charge in [-0.25, -0.2) is 4.79 Å². The van der Waals surface area contributed by atoms with Gasteiger partial charge in [0.1, 0.15) is 0 Å². The molecule has 0 aromatic rings. The first-order valence-corrected chi connectivity index (χ1v) is 4.88. The molecule has 0 atom stereocenters. The summed E-state index contributed by atoms with van der Waals surface area (Å²) in [7, 11) is -4.42. The minimum Gasteiger partial charge on any atom is -0.437 e. The summed E-state index contributed by atoms with van der Waals surface area (Å²) in [6.45, 7) is 6.79. The summed E-state index contributed by atoms with van der Waals surface area (Å²) < 4.78 is 34.4. The lowest BCUT2D eigenvalue weighted by molar-refractivity contribution is -0.145. The number of hydrogen-bond donors (Lipinski definition) is 1. The van der Waals surface area contributed by atoms with E-state index in [0.29, 0.717) is 0 Å². The van der Waals surface area contributed by atoms with Gasteiger partial charge in [-0.1, -0.05) is 6.58 Å². The van der Waals surface area contributed by atoms with Crippen LogP contribution in [0.4, 0.5) is 0 Å². The Morgan fingerprint density at radius 1 is 1.46 bits per heavy atom. The van der Waals surface area contributed by atoms with E-state index < -0.39 is 21.0 Å². The van der Waals surface area contributed by atoms with E-state index >= 15 is 0 Å². The molecular formula is C7H12O5S. The molecule has 0 aliphatic carbocycles. The molecule has 0 aliphatic rings. The average Bonchev–Trinajstić information content (AvgIpc) is 1.83. The maximum Gasteiger partial charge on any atom is 0.334 e. The van der Waals surface area contributed by atoms with Crippen molar-refractivity contribution >= 4 is 16.1 Å². The SMILES string of the molecule is C=C(C)C(=O)OC(C)(C)S(=O)(=O)O. The molecule has 0 unspecified atom stereocenters. The minimum atomic E-state index is -4.42. The van der Waals surface area contributed by atoms with Crippen LogP contribution in [-0.2, 0) is 19.6 Å². The predicted molar refractivity (Wildman–Crippen MR) is 46.5 cm³/mol. The Morgan fingerprint density at radius 2 is 1.85 bits per heavy atom. The van der Waals surface area contributed by atoms with Gasteiger partial charge in [-0.2, -0.15) is 8.42 Å². The highest BCUT2D eigenvalue weighted by molar-refractivity contribution is 7.87. The Kier molecular flexibility index (Phi) is 3.23. The van der Waals surface area contributed by atoms with Crippen LogP contribution in [0.15, 0.2) is 12.2 Å². The second kappa shape index (κ2) is 3.47. The van der Waals surface area contributed by atoms with E-state index in [1.807, 2.05) is 0 Å². The second-order valence-electron chi connectivity index (χ2n) is 3.04. The van der Waals surface area contributed by atoms with Gasteiger partial charge in [0.25, 0.3) is 0 Å². The van der Waals surface area contributed by atoms with Crippen LogP contribution < -0.4 is 0 Å². The van der Waals surface area contributed by atoms with Crippen LogP contribution in [0, 0.1) is 0 Å². The summed E-state index contributed by atoms with van der Waals surface area (Å²) in [6, 6.07) is 0. The quantitative estimate of drug-likeness (QED) is 0.420. The Hall–Kier alpha value is -0.880. The van der Waals surface area contributed by atoms with Gasteiger partial charge < -0.3 is 4.74 Å². The molecule has 0 rings (SSSR count). The molecule has 13 heavy (non-hydrogen) atoms. The molecule has 6 heteroatoms. The number of carbonyl (C=O) groups excluding carboxylic acids is 1. The standard InChI is InChI=1S/C7H12O5S/c1-5(2)6(8)12-7(3,4)13(9,10)11/h1H2,2-4H3,(H,9,10,11). The lowest BCUT2D eigenvalue weighted by atomic mass is 10.3. The van der Waals surface area contributed by atoms with Gasteiger partial charge in [0.15, 0.2) is 0 Å². The third-order valence-corrected chi connectivity index (χ3v) is 2.63. The smallest absolute Gasteiger partial charge is 0.334 e. The van der Waals surface area contributed by atoms with Crippen LogP contribution in [0.25, 0.3) is 0 Å². The van der Waals surface area contributed by atoms with Crippen LogP contribution in [0.2, 0.25) is 0 Å². The van der Waals surface area contributed by atoms with E-state index in [4.69, 9.17) is 4.55 Å². The summed E-state index contributed by atoms with van der Waals surface area (Å²) in [6.07, 6.45) is 0. The number of hydrogen-bond acceptors (Lipinski definition) is 4. The summed E-state index contributed by atoms with van der Waals surface area (Å²) in [4.78, 5) is 8.97. The maximum atomic E-state index is 10.9. The molecule has 0 fully saturated rings.